The number of aromatic nitrogens is 4. The normalized spacial score (nSPS) is 12.1. The monoisotopic (exact) mass is 880 g/mol. The van der Waals surface area contributed by atoms with Gasteiger partial charge >= 0.3 is 0 Å². The molecule has 0 radical (unpaired) electrons. The first-order valence-corrected chi connectivity index (χ1v) is 23.2. The maximum atomic E-state index is 6.96. The van der Waals surface area contributed by atoms with Crippen molar-refractivity contribution in [2.75, 3.05) is 0 Å². The van der Waals surface area contributed by atoms with Gasteiger partial charge in [-0.05, 0) is 92.7 Å². The highest BCUT2D eigenvalue weighted by Crippen LogP contribution is 2.46. The van der Waals surface area contributed by atoms with Crippen LogP contribution in [-0.4, -0.2) is 19.5 Å². The number of hydrogen-bond donors (Lipinski definition) is 0. The van der Waals surface area contributed by atoms with Crippen molar-refractivity contribution in [3.63, 3.8) is 0 Å². The van der Waals surface area contributed by atoms with E-state index < -0.39 is 0 Å². The van der Waals surface area contributed by atoms with Crippen LogP contribution in [0.4, 0.5) is 0 Å². The Morgan fingerprint density at radius 2 is 0.899 bits per heavy atom. The molecular formula is C63H36N4O2. The molecular weight excluding hydrogens is 845 g/mol. The predicted molar refractivity (Wildman–Crippen MR) is 283 cm³/mol. The summed E-state index contributed by atoms with van der Waals surface area (Å²) in [6, 6.07) is 76.9. The molecule has 0 atom stereocenters. The van der Waals surface area contributed by atoms with Crippen LogP contribution in [0.1, 0.15) is 0 Å². The Morgan fingerprint density at radius 3 is 1.72 bits per heavy atom. The Morgan fingerprint density at radius 1 is 0.304 bits per heavy atom. The summed E-state index contributed by atoms with van der Waals surface area (Å²) in [5, 5.41) is 13.3. The molecule has 0 fully saturated rings. The maximum absolute atomic E-state index is 6.96. The molecule has 69 heavy (non-hydrogen) atoms. The third-order valence-corrected chi connectivity index (χ3v) is 14.0. The van der Waals surface area contributed by atoms with E-state index in [0.717, 1.165) is 105 Å². The fraction of sp³-hybridized carbons (Fsp3) is 0. The van der Waals surface area contributed by atoms with E-state index in [1.54, 1.807) is 0 Å². The molecule has 4 heterocycles. The average Bonchev–Trinajstić information content (AvgIpc) is 4.09. The molecule has 0 N–H and O–H groups in total. The fourth-order valence-electron chi connectivity index (χ4n) is 10.8. The first-order chi connectivity index (χ1) is 34.2. The van der Waals surface area contributed by atoms with Gasteiger partial charge in [0.15, 0.2) is 17.5 Å². The van der Waals surface area contributed by atoms with Gasteiger partial charge in [0.25, 0.3) is 0 Å². The molecule has 0 saturated heterocycles. The van der Waals surface area contributed by atoms with Crippen molar-refractivity contribution < 1.29 is 8.83 Å². The van der Waals surface area contributed by atoms with Gasteiger partial charge in [-0.1, -0.05) is 164 Å². The van der Waals surface area contributed by atoms with Crippen LogP contribution < -0.4 is 0 Å². The Labute approximate surface area is 394 Å². The van der Waals surface area contributed by atoms with Crippen LogP contribution >= 0.6 is 0 Å². The lowest BCUT2D eigenvalue weighted by Crippen LogP contribution is -2.04. The molecule has 6 nitrogen and oxygen atoms in total. The Balaban J connectivity index is 1.07. The number of benzene rings is 11. The minimum atomic E-state index is 0.528. The Kier molecular flexibility index (Phi) is 7.97. The Bertz CT molecular complexity index is 4600. The van der Waals surface area contributed by atoms with Gasteiger partial charge in [-0.25, -0.2) is 15.0 Å². The van der Waals surface area contributed by atoms with Crippen molar-refractivity contribution in [1.29, 1.82) is 0 Å². The molecule has 0 aliphatic rings. The molecule has 0 aliphatic carbocycles. The van der Waals surface area contributed by atoms with Crippen molar-refractivity contribution in [2.24, 2.45) is 0 Å². The van der Waals surface area contributed by atoms with Gasteiger partial charge in [0.05, 0.1) is 22.3 Å². The fourth-order valence-corrected chi connectivity index (χ4v) is 10.8. The summed E-state index contributed by atoms with van der Waals surface area (Å²) in [4.78, 5) is 16.4. The zero-order valence-electron chi connectivity index (χ0n) is 36.9. The van der Waals surface area contributed by atoms with Crippen molar-refractivity contribution in [2.45, 2.75) is 0 Å². The molecule has 0 bridgehead atoms. The summed E-state index contributed by atoms with van der Waals surface area (Å²) in [7, 11) is 0. The third-order valence-electron chi connectivity index (χ3n) is 14.0. The van der Waals surface area contributed by atoms with Gasteiger partial charge in [-0.3, -0.25) is 0 Å². The van der Waals surface area contributed by atoms with Crippen LogP contribution in [0, 0.1) is 0 Å². The van der Waals surface area contributed by atoms with E-state index in [0.29, 0.717) is 17.5 Å². The highest BCUT2D eigenvalue weighted by atomic mass is 16.3. The summed E-state index contributed by atoms with van der Waals surface area (Å²) in [5.41, 5.74) is 11.1. The second-order valence-electron chi connectivity index (χ2n) is 17.9. The van der Waals surface area contributed by atoms with E-state index in [1.807, 2.05) is 24.3 Å². The van der Waals surface area contributed by atoms with Gasteiger partial charge in [0, 0.05) is 48.8 Å². The van der Waals surface area contributed by atoms with E-state index >= 15 is 0 Å². The summed E-state index contributed by atoms with van der Waals surface area (Å²) in [6.07, 6.45) is 0. The highest BCUT2D eigenvalue weighted by Gasteiger charge is 2.26. The predicted octanol–water partition coefficient (Wildman–Crippen LogP) is 16.9. The second kappa shape index (κ2) is 14.6. The van der Waals surface area contributed by atoms with E-state index in [4.69, 9.17) is 23.8 Å². The highest BCUT2D eigenvalue weighted by molar-refractivity contribution is 6.25. The molecule has 6 heteroatoms. The molecule has 0 aliphatic heterocycles. The first kappa shape index (κ1) is 37.8. The second-order valence-corrected chi connectivity index (χ2v) is 17.9. The molecule has 0 unspecified atom stereocenters. The van der Waals surface area contributed by atoms with Crippen LogP contribution in [0.25, 0.3) is 149 Å². The van der Waals surface area contributed by atoms with Crippen LogP contribution in [-0.2, 0) is 0 Å². The Hall–Kier alpha value is -9.39. The van der Waals surface area contributed by atoms with E-state index in [1.165, 1.54) is 26.9 Å². The van der Waals surface area contributed by atoms with Crippen molar-refractivity contribution in [3.05, 3.63) is 218 Å². The number of furan rings is 2. The summed E-state index contributed by atoms with van der Waals surface area (Å²) in [6.45, 7) is 0. The lowest BCUT2D eigenvalue weighted by molar-refractivity contribution is 0.669. The minimum absolute atomic E-state index is 0.528. The van der Waals surface area contributed by atoms with Gasteiger partial charge in [0.2, 0.25) is 0 Å². The molecule has 15 aromatic rings. The number of nitrogens with zero attached hydrogens (tertiary/aromatic N) is 4. The number of hydrogen-bond acceptors (Lipinski definition) is 5. The molecule has 0 amide bonds. The number of rotatable bonds is 5. The lowest BCUT2D eigenvalue weighted by Gasteiger charge is -2.16. The van der Waals surface area contributed by atoms with Gasteiger partial charge in [0.1, 0.15) is 22.3 Å². The molecule has 0 saturated carbocycles. The zero-order chi connectivity index (χ0) is 45.2. The van der Waals surface area contributed by atoms with Gasteiger partial charge in [-0.15, -0.1) is 0 Å². The smallest absolute Gasteiger partial charge is 0.166 e. The molecule has 0 spiro atoms. The zero-order valence-corrected chi connectivity index (χ0v) is 36.9. The van der Waals surface area contributed by atoms with Crippen LogP contribution in [0.2, 0.25) is 0 Å². The number of para-hydroxylation sites is 1. The summed E-state index contributed by atoms with van der Waals surface area (Å²) >= 11 is 0. The quantitative estimate of drug-likeness (QED) is 0.172. The SMILES string of the molecule is c1ccc(-c2ccc(-c3nc(-c4ccc5c(c4)oc4ccccc45)nc(-c4c(-n5c6cc7ccccc7cc6c6c7ccccc7ccc65)ccc5oc6c7ccccc7ccc6c45)n3)cc2)cc1. The molecule has 4 aromatic heterocycles. The van der Waals surface area contributed by atoms with Crippen LogP contribution in [0.15, 0.2) is 227 Å². The maximum Gasteiger partial charge on any atom is 0.166 e. The summed E-state index contributed by atoms with van der Waals surface area (Å²) in [5.74, 6) is 1.62. The largest absolute Gasteiger partial charge is 0.456 e. The topological polar surface area (TPSA) is 69.9 Å². The average molecular weight is 881 g/mol. The standard InChI is InChI=1S/C63H36N4O2/c1-2-12-37(13-3-1)38-22-24-41(25-23-38)61-64-62(44-27-29-48-47-20-10-11-21-54(47)68-56(48)36-44)66-63(65-61)59-52(32-33-55-58(59)49-30-26-40-15-7-9-19-46(40)60(49)69-55)67-51-31-28-39-14-6-8-18-45(39)57(51)50-34-42-16-4-5-17-43(42)35-53(50)67/h1-36H. The van der Waals surface area contributed by atoms with Crippen molar-refractivity contribution in [3.8, 4) is 51.0 Å². The van der Waals surface area contributed by atoms with Crippen LogP contribution in [0.5, 0.6) is 0 Å². The van der Waals surface area contributed by atoms with E-state index in [9.17, 15) is 0 Å². The minimum Gasteiger partial charge on any atom is -0.456 e. The van der Waals surface area contributed by atoms with Crippen LogP contribution in [0.3, 0.4) is 0 Å². The van der Waals surface area contributed by atoms with Crippen molar-refractivity contribution in [1.82, 2.24) is 19.5 Å². The van der Waals surface area contributed by atoms with Crippen molar-refractivity contribution >= 4 is 98.0 Å². The van der Waals surface area contributed by atoms with Gasteiger partial charge < -0.3 is 13.4 Å². The summed E-state index contributed by atoms with van der Waals surface area (Å²) < 4.78 is 15.8. The number of fused-ring (bicyclic) bond motifs is 14. The first-order valence-electron chi connectivity index (χ1n) is 23.2. The lowest BCUT2D eigenvalue weighted by atomic mass is 10.00. The third kappa shape index (κ3) is 5.76. The molecule has 320 valence electrons. The van der Waals surface area contributed by atoms with E-state index in [2.05, 4.69) is 199 Å². The molecule has 15 rings (SSSR count). The van der Waals surface area contributed by atoms with E-state index in [-0.39, 0.29) is 0 Å². The molecule has 11 aromatic carbocycles. The van der Waals surface area contributed by atoms with Gasteiger partial charge in [-0.2, -0.15) is 0 Å².